The minimum Gasteiger partial charge on any atom is -0.444 e. The first-order chi connectivity index (χ1) is 12.3. The van der Waals surface area contributed by atoms with Crippen LogP contribution in [0, 0.1) is 11.3 Å². The summed E-state index contributed by atoms with van der Waals surface area (Å²) in [6, 6.07) is 2.28. The highest BCUT2D eigenvalue weighted by Crippen LogP contribution is 2.32. The molecule has 0 aliphatic carbocycles. The van der Waals surface area contributed by atoms with Gasteiger partial charge in [-0.05, 0) is 32.4 Å². The van der Waals surface area contributed by atoms with Gasteiger partial charge in [0.05, 0.1) is 31.3 Å². The summed E-state index contributed by atoms with van der Waals surface area (Å²) in [6.07, 6.45) is 0.0573. The fourth-order valence-corrected chi connectivity index (χ4v) is 3.37. The highest BCUT2D eigenvalue weighted by atomic mass is 35.5. The number of nitrogens with one attached hydrogen (secondary N) is 1. The van der Waals surface area contributed by atoms with Crippen molar-refractivity contribution in [3.05, 3.63) is 16.5 Å². The van der Waals surface area contributed by atoms with E-state index >= 15 is 0 Å². The lowest BCUT2D eigenvalue weighted by Crippen LogP contribution is -2.51. The van der Waals surface area contributed by atoms with Gasteiger partial charge < -0.3 is 15.0 Å². The van der Waals surface area contributed by atoms with Crippen LogP contribution in [0.15, 0.2) is 0 Å². The molecular formula is C17H23ClN6O2. The standard InChI is InChI=1S/C17H23ClN6O2/c1-17(2,3)26-16(25)24-9-12-13(10-24)21-15(18)22-14(12)23-7-6-20-11(8-23)4-5-19/h11,20H,4,6-10H2,1-3H3/t11-/m0/s1. The lowest BCUT2D eigenvalue weighted by Gasteiger charge is -2.34. The second-order valence-corrected chi connectivity index (χ2v) is 7.88. The minimum atomic E-state index is -0.554. The third kappa shape index (κ3) is 4.17. The van der Waals surface area contributed by atoms with Gasteiger partial charge >= 0.3 is 6.09 Å². The predicted octanol–water partition coefficient (Wildman–Crippen LogP) is 2.07. The zero-order chi connectivity index (χ0) is 18.9. The Morgan fingerprint density at radius 2 is 2.19 bits per heavy atom. The molecule has 1 N–H and O–H groups in total. The molecule has 0 saturated carbocycles. The smallest absolute Gasteiger partial charge is 0.410 e. The molecule has 0 bridgehead atoms. The Morgan fingerprint density at radius 1 is 1.42 bits per heavy atom. The van der Waals surface area contributed by atoms with Crippen LogP contribution in [0.4, 0.5) is 10.6 Å². The molecule has 2 aliphatic rings. The fourth-order valence-electron chi connectivity index (χ4n) is 3.19. The molecule has 0 radical (unpaired) electrons. The molecule has 0 aromatic carbocycles. The Hall–Kier alpha value is -2.11. The zero-order valence-electron chi connectivity index (χ0n) is 15.3. The summed E-state index contributed by atoms with van der Waals surface area (Å²) >= 11 is 6.13. The molecule has 140 valence electrons. The van der Waals surface area contributed by atoms with E-state index in [2.05, 4.69) is 26.3 Å². The van der Waals surface area contributed by atoms with E-state index in [1.807, 2.05) is 20.8 Å². The summed E-state index contributed by atoms with van der Waals surface area (Å²) in [5.74, 6) is 0.746. The lowest BCUT2D eigenvalue weighted by molar-refractivity contribution is 0.0241. The summed E-state index contributed by atoms with van der Waals surface area (Å²) in [7, 11) is 0. The van der Waals surface area contributed by atoms with Crippen molar-refractivity contribution in [2.45, 2.75) is 51.9 Å². The number of anilines is 1. The van der Waals surface area contributed by atoms with Crippen LogP contribution in [-0.2, 0) is 17.8 Å². The van der Waals surface area contributed by atoms with E-state index in [0.29, 0.717) is 26.1 Å². The van der Waals surface area contributed by atoms with Crippen molar-refractivity contribution < 1.29 is 9.53 Å². The van der Waals surface area contributed by atoms with E-state index < -0.39 is 5.60 Å². The van der Waals surface area contributed by atoms with Gasteiger partial charge in [-0.1, -0.05) is 0 Å². The number of carbonyl (C=O) groups is 1. The number of ether oxygens (including phenoxy) is 1. The fraction of sp³-hybridized carbons (Fsp3) is 0.647. The second-order valence-electron chi connectivity index (χ2n) is 7.54. The van der Waals surface area contributed by atoms with Gasteiger partial charge in [-0.25, -0.2) is 14.8 Å². The first kappa shape index (κ1) is 18.7. The van der Waals surface area contributed by atoms with Crippen LogP contribution in [0.1, 0.15) is 38.4 Å². The molecule has 1 saturated heterocycles. The minimum absolute atomic E-state index is 0.0847. The van der Waals surface area contributed by atoms with Gasteiger partial charge in [-0.3, -0.25) is 4.90 Å². The summed E-state index contributed by atoms with van der Waals surface area (Å²) in [4.78, 5) is 24.9. The molecule has 9 heteroatoms. The quantitative estimate of drug-likeness (QED) is 0.787. The van der Waals surface area contributed by atoms with Crippen LogP contribution in [0.25, 0.3) is 0 Å². The Balaban J connectivity index is 1.81. The summed E-state index contributed by atoms with van der Waals surface area (Å²) in [6.45, 7) is 8.45. The van der Waals surface area contributed by atoms with E-state index in [9.17, 15) is 4.79 Å². The van der Waals surface area contributed by atoms with Crippen LogP contribution < -0.4 is 10.2 Å². The number of hydrogen-bond donors (Lipinski definition) is 1. The number of aromatic nitrogens is 2. The molecule has 1 amide bonds. The number of amides is 1. The van der Waals surface area contributed by atoms with Gasteiger partial charge in [0.15, 0.2) is 0 Å². The zero-order valence-corrected chi connectivity index (χ0v) is 16.0. The van der Waals surface area contributed by atoms with Gasteiger partial charge in [0.25, 0.3) is 0 Å². The van der Waals surface area contributed by atoms with Crippen LogP contribution in [0.3, 0.4) is 0 Å². The maximum absolute atomic E-state index is 12.4. The molecule has 2 aliphatic heterocycles. The van der Waals surface area contributed by atoms with E-state index in [0.717, 1.165) is 30.2 Å². The van der Waals surface area contributed by atoms with Gasteiger partial charge in [0, 0.05) is 31.2 Å². The molecular weight excluding hydrogens is 356 g/mol. The Bertz CT molecular complexity index is 742. The average molecular weight is 379 g/mol. The first-order valence-electron chi connectivity index (χ1n) is 8.65. The predicted molar refractivity (Wildman–Crippen MR) is 96.8 cm³/mol. The van der Waals surface area contributed by atoms with Crippen molar-refractivity contribution in [2.24, 2.45) is 0 Å². The topological polar surface area (TPSA) is 94.4 Å². The molecule has 0 spiro atoms. The largest absolute Gasteiger partial charge is 0.444 e. The van der Waals surface area contributed by atoms with Crippen molar-refractivity contribution in [1.82, 2.24) is 20.2 Å². The Labute approximate surface area is 158 Å². The Kier molecular flexibility index (Phi) is 5.21. The number of fused-ring (bicyclic) bond motifs is 1. The number of hydrogen-bond acceptors (Lipinski definition) is 7. The van der Waals surface area contributed by atoms with Gasteiger partial charge in [0.1, 0.15) is 11.4 Å². The van der Waals surface area contributed by atoms with Gasteiger partial charge in [0.2, 0.25) is 5.28 Å². The van der Waals surface area contributed by atoms with Gasteiger partial charge in [-0.2, -0.15) is 5.26 Å². The molecule has 0 unspecified atom stereocenters. The summed E-state index contributed by atoms with van der Waals surface area (Å²) in [5, 5.41) is 12.4. The normalized spacial score (nSPS) is 19.9. The summed E-state index contributed by atoms with van der Waals surface area (Å²) < 4.78 is 5.46. The van der Waals surface area contributed by atoms with Gasteiger partial charge in [-0.15, -0.1) is 0 Å². The molecule has 1 aromatic rings. The summed E-state index contributed by atoms with van der Waals surface area (Å²) in [5.41, 5.74) is 1.10. The molecule has 1 atom stereocenters. The third-order valence-corrected chi connectivity index (χ3v) is 4.45. The second kappa shape index (κ2) is 7.25. The van der Waals surface area contributed by atoms with E-state index in [1.165, 1.54) is 0 Å². The van der Waals surface area contributed by atoms with Crippen LogP contribution in [0.2, 0.25) is 5.28 Å². The Morgan fingerprint density at radius 3 is 2.88 bits per heavy atom. The highest BCUT2D eigenvalue weighted by Gasteiger charge is 2.33. The number of carbonyl (C=O) groups excluding carboxylic acids is 1. The first-order valence-corrected chi connectivity index (χ1v) is 9.03. The van der Waals surface area contributed by atoms with E-state index in [4.69, 9.17) is 21.6 Å². The lowest BCUT2D eigenvalue weighted by atomic mass is 10.1. The van der Waals surface area contributed by atoms with E-state index in [-0.39, 0.29) is 17.4 Å². The molecule has 8 nitrogen and oxygen atoms in total. The molecule has 3 rings (SSSR count). The third-order valence-electron chi connectivity index (χ3n) is 4.28. The maximum atomic E-state index is 12.4. The van der Waals surface area contributed by atoms with Crippen molar-refractivity contribution in [3.63, 3.8) is 0 Å². The van der Waals surface area contributed by atoms with E-state index in [1.54, 1.807) is 4.90 Å². The average Bonchev–Trinajstić information content (AvgIpc) is 2.97. The monoisotopic (exact) mass is 378 g/mol. The molecule has 1 fully saturated rings. The number of halogens is 1. The number of nitrogens with zero attached hydrogens (tertiary/aromatic N) is 5. The number of piperazine rings is 1. The van der Waals surface area contributed by atoms with Crippen LogP contribution >= 0.6 is 11.6 Å². The van der Waals surface area contributed by atoms with Crippen LogP contribution in [-0.4, -0.2) is 52.2 Å². The molecule has 26 heavy (non-hydrogen) atoms. The highest BCUT2D eigenvalue weighted by molar-refractivity contribution is 6.28. The van der Waals surface area contributed by atoms with Crippen molar-refractivity contribution in [2.75, 3.05) is 24.5 Å². The number of nitriles is 1. The maximum Gasteiger partial charge on any atom is 0.410 e. The van der Waals surface area contributed by atoms with Crippen molar-refractivity contribution in [1.29, 1.82) is 5.26 Å². The SMILES string of the molecule is CC(C)(C)OC(=O)N1Cc2nc(Cl)nc(N3CCN[C@@H](CC#N)C3)c2C1. The van der Waals surface area contributed by atoms with Crippen LogP contribution in [0.5, 0.6) is 0 Å². The van der Waals surface area contributed by atoms with Crippen molar-refractivity contribution >= 4 is 23.5 Å². The molecule has 1 aromatic heterocycles. The van der Waals surface area contributed by atoms with Crippen molar-refractivity contribution in [3.8, 4) is 6.07 Å². The number of rotatable bonds is 2. The molecule has 3 heterocycles.